The van der Waals surface area contributed by atoms with Crippen molar-refractivity contribution in [1.82, 2.24) is 4.90 Å². The molecule has 0 spiro atoms. The Morgan fingerprint density at radius 3 is 2.48 bits per heavy atom. The summed E-state index contributed by atoms with van der Waals surface area (Å²) in [7, 11) is 0. The quantitative estimate of drug-likeness (QED) is 0.602. The van der Waals surface area contributed by atoms with Crippen molar-refractivity contribution >= 4 is 23.1 Å². The summed E-state index contributed by atoms with van der Waals surface area (Å²) < 4.78 is 5.46. The minimum Gasteiger partial charge on any atom is -0.494 e. The van der Waals surface area contributed by atoms with Gasteiger partial charge in [-0.1, -0.05) is 30.3 Å². The maximum Gasteiger partial charge on any atom is 0.278 e. The Labute approximate surface area is 158 Å². The highest BCUT2D eigenvalue weighted by atomic mass is 16.5. The highest BCUT2D eigenvalue weighted by molar-refractivity contribution is 6.36. The maximum atomic E-state index is 12.9. The van der Waals surface area contributed by atoms with Gasteiger partial charge in [-0.05, 0) is 49.2 Å². The number of carbonyl (C=O) groups is 2. The Bertz CT molecular complexity index is 913. The van der Waals surface area contributed by atoms with E-state index in [0.717, 1.165) is 17.0 Å². The van der Waals surface area contributed by atoms with Gasteiger partial charge in [-0.2, -0.15) is 0 Å². The third kappa shape index (κ3) is 3.77. The van der Waals surface area contributed by atoms with Gasteiger partial charge in [0.1, 0.15) is 11.4 Å². The molecule has 1 aliphatic rings. The Morgan fingerprint density at radius 2 is 1.85 bits per heavy atom. The van der Waals surface area contributed by atoms with Gasteiger partial charge in [0.25, 0.3) is 11.8 Å². The normalized spacial score (nSPS) is 13.9. The van der Waals surface area contributed by atoms with Crippen LogP contribution in [-0.2, 0) is 9.59 Å². The standard InChI is InChI=1S/C22H22N2O3/c1-4-13-24-21(25)19(16-9-11-18(12-10-16)27-5-2)20(22(24)26)23-17-8-6-7-15(3)14-17/h4,6-12,14,23H,1,5,13H2,2-3H3. The Kier molecular flexibility index (Phi) is 5.41. The molecule has 0 aliphatic carbocycles. The lowest BCUT2D eigenvalue weighted by atomic mass is 10.0. The number of benzene rings is 2. The zero-order valence-electron chi connectivity index (χ0n) is 15.5. The smallest absolute Gasteiger partial charge is 0.278 e. The third-order valence-electron chi connectivity index (χ3n) is 4.22. The fraction of sp³-hybridized carbons (Fsp3) is 0.182. The highest BCUT2D eigenvalue weighted by Crippen LogP contribution is 2.31. The molecule has 5 heteroatoms. The minimum atomic E-state index is -0.356. The average Bonchev–Trinajstić information content (AvgIpc) is 2.88. The molecule has 0 aromatic heterocycles. The monoisotopic (exact) mass is 362 g/mol. The Morgan fingerprint density at radius 1 is 1.11 bits per heavy atom. The summed E-state index contributed by atoms with van der Waals surface area (Å²) in [6, 6.07) is 14.8. The molecule has 1 N–H and O–H groups in total. The van der Waals surface area contributed by atoms with Crippen molar-refractivity contribution in [3.63, 3.8) is 0 Å². The van der Waals surface area contributed by atoms with E-state index in [1.807, 2.05) is 38.1 Å². The number of nitrogens with one attached hydrogen (secondary N) is 1. The van der Waals surface area contributed by atoms with Gasteiger partial charge in [-0.3, -0.25) is 14.5 Å². The lowest BCUT2D eigenvalue weighted by molar-refractivity contribution is -0.136. The fourth-order valence-corrected chi connectivity index (χ4v) is 3.01. The van der Waals surface area contributed by atoms with E-state index in [-0.39, 0.29) is 24.1 Å². The van der Waals surface area contributed by atoms with Crippen LogP contribution >= 0.6 is 0 Å². The number of imide groups is 1. The number of ether oxygens (including phenoxy) is 1. The first-order valence-electron chi connectivity index (χ1n) is 8.83. The van der Waals surface area contributed by atoms with Crippen LogP contribution in [0.25, 0.3) is 5.57 Å². The molecule has 0 atom stereocenters. The van der Waals surface area contributed by atoms with Gasteiger partial charge in [0.05, 0.1) is 12.2 Å². The molecule has 2 amide bonds. The van der Waals surface area contributed by atoms with Gasteiger partial charge < -0.3 is 10.1 Å². The van der Waals surface area contributed by atoms with E-state index >= 15 is 0 Å². The Balaban J connectivity index is 2.04. The SMILES string of the molecule is C=CCN1C(=O)C(Nc2cccc(C)c2)=C(c2ccc(OCC)cc2)C1=O. The van der Waals surface area contributed by atoms with Crippen LogP contribution in [0.3, 0.4) is 0 Å². The lowest BCUT2D eigenvalue weighted by Crippen LogP contribution is -2.32. The average molecular weight is 362 g/mol. The summed E-state index contributed by atoms with van der Waals surface area (Å²) in [4.78, 5) is 27.0. The molecule has 1 aliphatic heterocycles. The van der Waals surface area contributed by atoms with Crippen LogP contribution in [0, 0.1) is 6.92 Å². The molecular formula is C22H22N2O3. The summed E-state index contributed by atoms with van der Waals surface area (Å²) >= 11 is 0. The van der Waals surface area contributed by atoms with Crippen molar-refractivity contribution in [2.45, 2.75) is 13.8 Å². The molecule has 2 aromatic rings. The second-order valence-corrected chi connectivity index (χ2v) is 6.21. The van der Waals surface area contributed by atoms with E-state index in [0.29, 0.717) is 17.7 Å². The van der Waals surface area contributed by atoms with Crippen LogP contribution in [0.4, 0.5) is 5.69 Å². The van der Waals surface area contributed by atoms with E-state index < -0.39 is 0 Å². The molecule has 5 nitrogen and oxygen atoms in total. The topological polar surface area (TPSA) is 58.6 Å². The van der Waals surface area contributed by atoms with E-state index in [1.54, 1.807) is 30.3 Å². The maximum absolute atomic E-state index is 12.9. The lowest BCUT2D eigenvalue weighted by Gasteiger charge is -2.12. The van der Waals surface area contributed by atoms with Crippen LogP contribution in [0.2, 0.25) is 0 Å². The van der Waals surface area contributed by atoms with Crippen LogP contribution in [0.1, 0.15) is 18.1 Å². The summed E-state index contributed by atoms with van der Waals surface area (Å²) in [6.07, 6.45) is 1.54. The van der Waals surface area contributed by atoms with E-state index in [4.69, 9.17) is 4.74 Å². The largest absolute Gasteiger partial charge is 0.494 e. The molecule has 1 heterocycles. The molecule has 0 unspecified atom stereocenters. The zero-order valence-corrected chi connectivity index (χ0v) is 15.5. The number of aryl methyl sites for hydroxylation is 1. The van der Waals surface area contributed by atoms with Gasteiger partial charge in [-0.25, -0.2) is 0 Å². The molecule has 0 saturated heterocycles. The summed E-state index contributed by atoms with van der Waals surface area (Å²) in [5.41, 5.74) is 3.11. The zero-order chi connectivity index (χ0) is 19.4. The van der Waals surface area contributed by atoms with Gasteiger partial charge >= 0.3 is 0 Å². The Hall–Kier alpha value is -3.34. The number of hydrogen-bond acceptors (Lipinski definition) is 4. The second kappa shape index (κ2) is 7.91. The van der Waals surface area contributed by atoms with Crippen molar-refractivity contribution in [2.75, 3.05) is 18.5 Å². The van der Waals surface area contributed by atoms with Crippen molar-refractivity contribution < 1.29 is 14.3 Å². The van der Waals surface area contributed by atoms with E-state index in [9.17, 15) is 9.59 Å². The van der Waals surface area contributed by atoms with Crippen LogP contribution in [-0.4, -0.2) is 29.9 Å². The second-order valence-electron chi connectivity index (χ2n) is 6.21. The van der Waals surface area contributed by atoms with Crippen molar-refractivity contribution in [3.05, 3.63) is 78.0 Å². The molecule has 0 radical (unpaired) electrons. The van der Waals surface area contributed by atoms with Crippen LogP contribution < -0.4 is 10.1 Å². The van der Waals surface area contributed by atoms with Crippen LogP contribution in [0.5, 0.6) is 5.75 Å². The molecule has 0 bridgehead atoms. The third-order valence-corrected chi connectivity index (χ3v) is 4.22. The summed E-state index contributed by atoms with van der Waals surface area (Å²) in [6.45, 7) is 8.25. The molecule has 2 aromatic carbocycles. The first-order chi connectivity index (χ1) is 13.0. The van der Waals surface area contributed by atoms with Gasteiger partial charge in [0.15, 0.2) is 0 Å². The molecule has 0 saturated carbocycles. The number of carbonyl (C=O) groups excluding carboxylic acids is 2. The number of anilines is 1. The van der Waals surface area contributed by atoms with Crippen molar-refractivity contribution in [1.29, 1.82) is 0 Å². The molecule has 0 fully saturated rings. The summed E-state index contributed by atoms with van der Waals surface area (Å²) in [5.74, 6) is 0.0271. The molecular weight excluding hydrogens is 340 g/mol. The number of nitrogens with zero attached hydrogens (tertiary/aromatic N) is 1. The number of amides is 2. The van der Waals surface area contributed by atoms with Crippen molar-refractivity contribution in [2.24, 2.45) is 0 Å². The van der Waals surface area contributed by atoms with E-state index in [1.165, 1.54) is 4.90 Å². The van der Waals surface area contributed by atoms with Gasteiger partial charge in [0.2, 0.25) is 0 Å². The predicted molar refractivity (Wildman–Crippen MR) is 106 cm³/mol. The molecule has 3 rings (SSSR count). The minimum absolute atomic E-state index is 0.164. The fourth-order valence-electron chi connectivity index (χ4n) is 3.01. The number of rotatable bonds is 7. The van der Waals surface area contributed by atoms with E-state index in [2.05, 4.69) is 11.9 Å². The first-order valence-corrected chi connectivity index (χ1v) is 8.83. The van der Waals surface area contributed by atoms with Crippen LogP contribution in [0.15, 0.2) is 66.9 Å². The van der Waals surface area contributed by atoms with Gasteiger partial charge in [0, 0.05) is 12.2 Å². The number of hydrogen-bond donors (Lipinski definition) is 1. The first kappa shape index (κ1) is 18.5. The highest BCUT2D eigenvalue weighted by Gasteiger charge is 2.38. The molecule has 27 heavy (non-hydrogen) atoms. The van der Waals surface area contributed by atoms with Crippen molar-refractivity contribution in [3.8, 4) is 5.75 Å². The van der Waals surface area contributed by atoms with Gasteiger partial charge in [-0.15, -0.1) is 6.58 Å². The summed E-state index contributed by atoms with van der Waals surface area (Å²) in [5, 5.41) is 3.14. The molecule has 138 valence electrons. The predicted octanol–water partition coefficient (Wildman–Crippen LogP) is 3.77.